The Kier molecular flexibility index (Phi) is 4.24. The largest absolute Gasteiger partial charge is 0.361 e. The van der Waals surface area contributed by atoms with Crippen LogP contribution in [-0.4, -0.2) is 27.0 Å². The summed E-state index contributed by atoms with van der Waals surface area (Å²) >= 11 is 0. The van der Waals surface area contributed by atoms with Gasteiger partial charge in [0.05, 0.1) is 5.75 Å². The van der Waals surface area contributed by atoms with Crippen molar-refractivity contribution >= 4 is 20.9 Å². The topological polar surface area (TPSA) is 88.0 Å². The first-order valence-corrected chi connectivity index (χ1v) is 7.91. The fraction of sp³-hybridized carbons (Fsp3) is 0.385. The van der Waals surface area contributed by atoms with Crippen LogP contribution in [0.1, 0.15) is 17.5 Å². The van der Waals surface area contributed by atoms with Crippen molar-refractivity contribution in [3.63, 3.8) is 0 Å². The number of hydrogen-bond acceptors (Lipinski definition) is 3. The summed E-state index contributed by atoms with van der Waals surface area (Å²) in [6.45, 7) is 0.653. The van der Waals surface area contributed by atoms with Crippen LogP contribution in [0, 0.1) is 0 Å². The second kappa shape index (κ2) is 5.73. The van der Waals surface area contributed by atoms with Crippen LogP contribution in [0.15, 0.2) is 24.4 Å². The molecule has 0 unspecified atom stereocenters. The molecule has 0 aliphatic heterocycles. The number of sulfonamides is 1. The molecule has 0 radical (unpaired) electrons. The summed E-state index contributed by atoms with van der Waals surface area (Å²) in [5.41, 5.74) is 8.52. The molecule has 2 rings (SSSR count). The summed E-state index contributed by atoms with van der Waals surface area (Å²) in [6.07, 6.45) is 3.79. The van der Waals surface area contributed by atoms with Crippen LogP contribution in [0.3, 0.4) is 0 Å². The summed E-state index contributed by atoms with van der Waals surface area (Å²) in [5, 5.41) is 1.08. The highest BCUT2D eigenvalue weighted by atomic mass is 32.2. The second-order valence-corrected chi connectivity index (χ2v) is 6.48. The van der Waals surface area contributed by atoms with Crippen molar-refractivity contribution in [2.24, 2.45) is 5.73 Å². The van der Waals surface area contributed by atoms with Crippen molar-refractivity contribution in [1.82, 2.24) is 9.71 Å². The van der Waals surface area contributed by atoms with Crippen molar-refractivity contribution < 1.29 is 8.42 Å². The summed E-state index contributed by atoms with van der Waals surface area (Å²) in [7, 11) is -1.81. The minimum Gasteiger partial charge on any atom is -0.361 e. The summed E-state index contributed by atoms with van der Waals surface area (Å²) in [5.74, 6) is 0.000941. The van der Waals surface area contributed by atoms with E-state index in [9.17, 15) is 8.42 Å². The molecule has 0 amide bonds. The highest BCUT2D eigenvalue weighted by molar-refractivity contribution is 7.88. The Labute approximate surface area is 113 Å². The second-order valence-electron chi connectivity index (χ2n) is 4.55. The number of aryl methyl sites for hydroxylation is 1. The molecule has 0 saturated heterocycles. The number of rotatable bonds is 6. The van der Waals surface area contributed by atoms with E-state index in [-0.39, 0.29) is 5.75 Å². The zero-order valence-corrected chi connectivity index (χ0v) is 11.8. The van der Waals surface area contributed by atoms with Crippen LogP contribution >= 0.6 is 0 Å². The van der Waals surface area contributed by atoms with Crippen LogP contribution in [0.5, 0.6) is 0 Å². The van der Waals surface area contributed by atoms with E-state index in [0.717, 1.165) is 29.3 Å². The van der Waals surface area contributed by atoms with Crippen molar-refractivity contribution in [2.75, 3.05) is 13.6 Å². The number of fused-ring (bicyclic) bond motifs is 1. The maximum atomic E-state index is 11.6. The maximum Gasteiger partial charge on any atom is 0.215 e. The predicted molar refractivity (Wildman–Crippen MR) is 77.4 cm³/mol. The van der Waals surface area contributed by atoms with Gasteiger partial charge in [-0.2, -0.15) is 0 Å². The first kappa shape index (κ1) is 14.0. The van der Waals surface area contributed by atoms with Crippen LogP contribution in [0.4, 0.5) is 0 Å². The lowest BCUT2D eigenvalue weighted by atomic mass is 10.1. The summed E-state index contributed by atoms with van der Waals surface area (Å²) < 4.78 is 25.5. The Balaban J connectivity index is 2.33. The van der Waals surface area contributed by atoms with Gasteiger partial charge in [0.2, 0.25) is 10.0 Å². The number of nitrogens with one attached hydrogen (secondary N) is 2. The van der Waals surface area contributed by atoms with Gasteiger partial charge in [-0.15, -0.1) is 0 Å². The van der Waals surface area contributed by atoms with Crippen molar-refractivity contribution in [2.45, 2.75) is 18.6 Å². The van der Waals surface area contributed by atoms with E-state index in [4.69, 9.17) is 5.73 Å². The van der Waals surface area contributed by atoms with E-state index in [1.54, 1.807) is 0 Å². The monoisotopic (exact) mass is 281 g/mol. The first-order valence-electron chi connectivity index (χ1n) is 6.26. The molecule has 0 atom stereocenters. The first-order chi connectivity index (χ1) is 9.05. The van der Waals surface area contributed by atoms with Crippen molar-refractivity contribution in [3.8, 4) is 0 Å². The maximum absolute atomic E-state index is 11.6. The van der Waals surface area contributed by atoms with Crippen LogP contribution < -0.4 is 10.5 Å². The van der Waals surface area contributed by atoms with Crippen LogP contribution in [0.2, 0.25) is 0 Å². The number of benzene rings is 1. The average Bonchev–Trinajstić information content (AvgIpc) is 2.78. The Morgan fingerprint density at radius 3 is 2.84 bits per heavy atom. The Morgan fingerprint density at radius 1 is 1.37 bits per heavy atom. The standard InChI is InChI=1S/C13H19N3O2S/c1-15-19(17,18)9-10-4-5-13-12(7-10)11(8-16-13)3-2-6-14/h4-5,7-8,15-16H,2-3,6,9,14H2,1H3. The molecule has 0 bridgehead atoms. The molecule has 19 heavy (non-hydrogen) atoms. The number of aromatic amines is 1. The fourth-order valence-electron chi connectivity index (χ4n) is 2.11. The van der Waals surface area contributed by atoms with Crippen molar-refractivity contribution in [3.05, 3.63) is 35.5 Å². The smallest absolute Gasteiger partial charge is 0.215 e. The van der Waals surface area contributed by atoms with Crippen LogP contribution in [0.25, 0.3) is 10.9 Å². The van der Waals surface area contributed by atoms with Gasteiger partial charge < -0.3 is 10.7 Å². The highest BCUT2D eigenvalue weighted by Crippen LogP contribution is 2.21. The van der Waals surface area contributed by atoms with Crippen molar-refractivity contribution in [1.29, 1.82) is 0 Å². The van der Waals surface area contributed by atoms with Gasteiger partial charge in [0.1, 0.15) is 0 Å². The van der Waals surface area contributed by atoms with Gasteiger partial charge in [0.15, 0.2) is 0 Å². The van der Waals surface area contributed by atoms with Gasteiger partial charge in [-0.1, -0.05) is 6.07 Å². The number of H-pyrrole nitrogens is 1. The zero-order chi connectivity index (χ0) is 13.9. The molecule has 1 aromatic carbocycles. The predicted octanol–water partition coefficient (Wildman–Crippen LogP) is 1.11. The SMILES string of the molecule is CNS(=O)(=O)Cc1ccc2[nH]cc(CCCN)c2c1. The van der Waals surface area contributed by atoms with Gasteiger partial charge in [-0.05, 0) is 49.7 Å². The van der Waals surface area contributed by atoms with Gasteiger partial charge >= 0.3 is 0 Å². The summed E-state index contributed by atoms with van der Waals surface area (Å²) in [6, 6.07) is 5.69. The normalized spacial score (nSPS) is 12.1. The molecule has 4 N–H and O–H groups in total. The Morgan fingerprint density at radius 2 is 2.16 bits per heavy atom. The zero-order valence-electron chi connectivity index (χ0n) is 10.9. The van der Waals surface area contributed by atoms with Gasteiger partial charge in [0.25, 0.3) is 0 Å². The minimum atomic E-state index is -3.23. The Bertz CT molecular complexity index is 662. The lowest BCUT2D eigenvalue weighted by Crippen LogP contribution is -2.20. The highest BCUT2D eigenvalue weighted by Gasteiger charge is 2.10. The van der Waals surface area contributed by atoms with Gasteiger partial charge in [-0.25, -0.2) is 13.1 Å². The van der Waals surface area contributed by atoms with E-state index >= 15 is 0 Å². The minimum absolute atomic E-state index is 0.000941. The average molecular weight is 281 g/mol. The number of hydrogen-bond donors (Lipinski definition) is 3. The molecule has 6 heteroatoms. The van der Waals surface area contributed by atoms with E-state index in [1.165, 1.54) is 12.6 Å². The third kappa shape index (κ3) is 3.34. The molecule has 1 aromatic heterocycles. The van der Waals surface area contributed by atoms with E-state index < -0.39 is 10.0 Å². The molecule has 0 spiro atoms. The molecular formula is C13H19N3O2S. The van der Waals surface area contributed by atoms with E-state index in [1.807, 2.05) is 24.4 Å². The molecule has 0 saturated carbocycles. The van der Waals surface area contributed by atoms with E-state index in [2.05, 4.69) is 9.71 Å². The number of nitrogens with two attached hydrogens (primary N) is 1. The molecule has 0 aliphatic carbocycles. The van der Waals surface area contributed by atoms with Gasteiger partial charge in [-0.3, -0.25) is 0 Å². The molecule has 2 aromatic rings. The quantitative estimate of drug-likeness (QED) is 0.741. The van der Waals surface area contributed by atoms with Crippen LogP contribution in [-0.2, 0) is 22.2 Å². The fourth-order valence-corrected chi connectivity index (χ4v) is 2.87. The lowest BCUT2D eigenvalue weighted by Gasteiger charge is -2.04. The molecule has 104 valence electrons. The molecule has 0 aliphatic rings. The third-order valence-corrected chi connectivity index (χ3v) is 4.49. The number of aromatic nitrogens is 1. The third-order valence-electron chi connectivity index (χ3n) is 3.15. The molecular weight excluding hydrogens is 262 g/mol. The van der Waals surface area contributed by atoms with E-state index in [0.29, 0.717) is 6.54 Å². The molecule has 1 heterocycles. The summed E-state index contributed by atoms with van der Waals surface area (Å²) in [4.78, 5) is 3.20. The molecule has 5 nitrogen and oxygen atoms in total. The lowest BCUT2D eigenvalue weighted by molar-refractivity contribution is 0.587. The molecule has 0 fully saturated rings. The Hall–Kier alpha value is -1.37. The van der Waals surface area contributed by atoms with Gasteiger partial charge in [0, 0.05) is 17.1 Å².